The first-order valence-electron chi connectivity index (χ1n) is 6.16. The van der Waals surface area contributed by atoms with Crippen molar-refractivity contribution in [3.63, 3.8) is 0 Å². The minimum absolute atomic E-state index is 0.0476. The summed E-state index contributed by atoms with van der Waals surface area (Å²) in [5.74, 6) is -0.221. The van der Waals surface area contributed by atoms with Crippen molar-refractivity contribution in [2.75, 3.05) is 0 Å². The van der Waals surface area contributed by atoms with E-state index in [0.717, 1.165) is 16.8 Å². The molecule has 2 rings (SSSR count). The molecule has 0 aliphatic carbocycles. The zero-order valence-electron chi connectivity index (χ0n) is 11.2. The highest BCUT2D eigenvalue weighted by molar-refractivity contribution is 6.30. The van der Waals surface area contributed by atoms with Crippen molar-refractivity contribution in [1.82, 2.24) is 15.1 Å². The van der Waals surface area contributed by atoms with E-state index >= 15 is 0 Å². The first-order valence-corrected chi connectivity index (χ1v) is 6.53. The molecule has 0 saturated carbocycles. The molecule has 0 aliphatic rings. The fraction of sp³-hybridized carbons (Fsp3) is 0.357. The quantitative estimate of drug-likeness (QED) is 0.931. The Hall–Kier alpha value is -1.39. The Morgan fingerprint density at radius 3 is 2.79 bits per heavy atom. The average molecular weight is 282 g/mol. The maximum Gasteiger partial charge on any atom is 0.131 e. The van der Waals surface area contributed by atoms with Crippen LogP contribution in [-0.2, 0) is 13.6 Å². The van der Waals surface area contributed by atoms with Crippen molar-refractivity contribution >= 4 is 11.6 Å². The number of nitrogens with one attached hydrogen (secondary N) is 1. The molecule has 0 amide bonds. The Labute approximate surface area is 117 Å². The molecular formula is C14H17ClFN3. The van der Waals surface area contributed by atoms with Gasteiger partial charge < -0.3 is 5.32 Å². The van der Waals surface area contributed by atoms with Gasteiger partial charge in [0.15, 0.2) is 0 Å². The van der Waals surface area contributed by atoms with E-state index in [1.54, 1.807) is 10.7 Å². The van der Waals surface area contributed by atoms with Gasteiger partial charge in [-0.15, -0.1) is 0 Å². The molecule has 1 aromatic carbocycles. The van der Waals surface area contributed by atoms with E-state index in [-0.39, 0.29) is 11.9 Å². The van der Waals surface area contributed by atoms with Gasteiger partial charge in [0.2, 0.25) is 0 Å². The van der Waals surface area contributed by atoms with Crippen molar-refractivity contribution in [2.45, 2.75) is 26.4 Å². The van der Waals surface area contributed by atoms with Gasteiger partial charge in [-0.3, -0.25) is 4.68 Å². The van der Waals surface area contributed by atoms with Crippen LogP contribution in [0.1, 0.15) is 29.8 Å². The van der Waals surface area contributed by atoms with Gasteiger partial charge in [0, 0.05) is 25.2 Å². The third-order valence-electron chi connectivity index (χ3n) is 3.20. The molecule has 102 valence electrons. The van der Waals surface area contributed by atoms with E-state index in [0.29, 0.717) is 11.7 Å². The number of rotatable bonds is 4. The lowest BCUT2D eigenvalue weighted by molar-refractivity contribution is 0.564. The van der Waals surface area contributed by atoms with Crippen molar-refractivity contribution < 1.29 is 4.39 Å². The van der Waals surface area contributed by atoms with Crippen LogP contribution in [0.4, 0.5) is 4.39 Å². The molecular weight excluding hydrogens is 265 g/mol. The number of hydrogen-bond donors (Lipinski definition) is 1. The standard InChI is InChI=1S/C14H17ClFN3/c1-9(11-5-4-6-12(16)7-11)17-8-13-10(2)18-19(3)14(13)15/h4-7,9,17H,8H2,1-3H3/t9-/m0/s1. The number of nitrogens with zero attached hydrogens (tertiary/aromatic N) is 2. The Bertz CT molecular complexity index is 580. The summed E-state index contributed by atoms with van der Waals surface area (Å²) >= 11 is 6.17. The first-order chi connectivity index (χ1) is 8.99. The van der Waals surface area contributed by atoms with Crippen LogP contribution in [0, 0.1) is 12.7 Å². The summed E-state index contributed by atoms with van der Waals surface area (Å²) in [6.07, 6.45) is 0. The molecule has 0 fully saturated rings. The van der Waals surface area contributed by atoms with Crippen LogP contribution in [0.3, 0.4) is 0 Å². The predicted octanol–water partition coefficient (Wildman–Crippen LogP) is 3.37. The zero-order valence-corrected chi connectivity index (χ0v) is 12.0. The molecule has 1 atom stereocenters. The van der Waals surface area contributed by atoms with Crippen molar-refractivity contribution in [3.8, 4) is 0 Å². The fourth-order valence-electron chi connectivity index (χ4n) is 2.02. The van der Waals surface area contributed by atoms with Gasteiger partial charge in [0.1, 0.15) is 11.0 Å². The van der Waals surface area contributed by atoms with E-state index in [4.69, 9.17) is 11.6 Å². The molecule has 1 heterocycles. The second-order valence-electron chi connectivity index (χ2n) is 4.64. The van der Waals surface area contributed by atoms with Gasteiger partial charge >= 0.3 is 0 Å². The van der Waals surface area contributed by atoms with E-state index in [1.165, 1.54) is 12.1 Å². The monoisotopic (exact) mass is 281 g/mol. The van der Waals surface area contributed by atoms with Gasteiger partial charge in [-0.1, -0.05) is 23.7 Å². The summed E-state index contributed by atoms with van der Waals surface area (Å²) < 4.78 is 14.8. The zero-order chi connectivity index (χ0) is 14.0. The lowest BCUT2D eigenvalue weighted by Gasteiger charge is -2.14. The van der Waals surface area contributed by atoms with E-state index in [1.807, 2.05) is 27.0 Å². The number of halogens is 2. The Kier molecular flexibility index (Phi) is 4.22. The summed E-state index contributed by atoms with van der Waals surface area (Å²) in [5, 5.41) is 8.23. The predicted molar refractivity (Wildman–Crippen MR) is 74.6 cm³/mol. The van der Waals surface area contributed by atoms with Crippen LogP contribution in [0.5, 0.6) is 0 Å². The molecule has 2 aromatic rings. The molecule has 0 unspecified atom stereocenters. The highest BCUT2D eigenvalue weighted by atomic mass is 35.5. The van der Waals surface area contributed by atoms with Crippen LogP contribution >= 0.6 is 11.6 Å². The normalized spacial score (nSPS) is 12.7. The highest BCUT2D eigenvalue weighted by Crippen LogP contribution is 2.20. The summed E-state index contributed by atoms with van der Waals surface area (Å²) in [6.45, 7) is 4.53. The van der Waals surface area contributed by atoms with Gasteiger partial charge in [-0.2, -0.15) is 5.10 Å². The second-order valence-corrected chi connectivity index (χ2v) is 4.99. The minimum Gasteiger partial charge on any atom is -0.306 e. The first kappa shape index (κ1) is 14.0. The Morgan fingerprint density at radius 1 is 1.47 bits per heavy atom. The van der Waals surface area contributed by atoms with E-state index in [9.17, 15) is 4.39 Å². The third kappa shape index (κ3) is 3.14. The van der Waals surface area contributed by atoms with Gasteiger partial charge in [-0.05, 0) is 31.5 Å². The molecule has 19 heavy (non-hydrogen) atoms. The molecule has 3 nitrogen and oxygen atoms in total. The van der Waals surface area contributed by atoms with Crippen LogP contribution in [0.15, 0.2) is 24.3 Å². The minimum atomic E-state index is -0.221. The molecule has 0 radical (unpaired) electrons. The Balaban J connectivity index is 2.06. The van der Waals surface area contributed by atoms with Crippen LogP contribution in [-0.4, -0.2) is 9.78 Å². The smallest absolute Gasteiger partial charge is 0.131 e. The van der Waals surface area contributed by atoms with Gasteiger partial charge in [0.25, 0.3) is 0 Å². The summed E-state index contributed by atoms with van der Waals surface area (Å²) in [6, 6.07) is 6.64. The van der Waals surface area contributed by atoms with E-state index in [2.05, 4.69) is 10.4 Å². The number of hydrogen-bond acceptors (Lipinski definition) is 2. The molecule has 0 saturated heterocycles. The van der Waals surface area contributed by atoms with Crippen molar-refractivity contribution in [1.29, 1.82) is 0 Å². The number of benzene rings is 1. The summed E-state index contributed by atoms with van der Waals surface area (Å²) in [5.41, 5.74) is 2.80. The Morgan fingerprint density at radius 2 is 2.21 bits per heavy atom. The molecule has 1 aromatic heterocycles. The fourth-order valence-corrected chi connectivity index (χ4v) is 2.26. The average Bonchev–Trinajstić information content (AvgIpc) is 2.61. The second kappa shape index (κ2) is 5.72. The molecule has 0 aliphatic heterocycles. The number of aromatic nitrogens is 2. The largest absolute Gasteiger partial charge is 0.306 e. The summed E-state index contributed by atoms with van der Waals surface area (Å²) in [4.78, 5) is 0. The molecule has 1 N–H and O–H groups in total. The van der Waals surface area contributed by atoms with Crippen LogP contribution in [0.2, 0.25) is 5.15 Å². The van der Waals surface area contributed by atoms with E-state index < -0.39 is 0 Å². The molecule has 5 heteroatoms. The van der Waals surface area contributed by atoms with Crippen LogP contribution in [0.25, 0.3) is 0 Å². The third-order valence-corrected chi connectivity index (χ3v) is 3.68. The maximum absolute atomic E-state index is 13.2. The lowest BCUT2D eigenvalue weighted by atomic mass is 10.1. The maximum atomic E-state index is 13.2. The molecule has 0 bridgehead atoms. The van der Waals surface area contributed by atoms with Gasteiger partial charge in [-0.25, -0.2) is 4.39 Å². The number of aryl methyl sites for hydroxylation is 2. The van der Waals surface area contributed by atoms with Crippen molar-refractivity contribution in [3.05, 3.63) is 52.1 Å². The van der Waals surface area contributed by atoms with Gasteiger partial charge in [0.05, 0.1) is 5.69 Å². The van der Waals surface area contributed by atoms with Crippen molar-refractivity contribution in [2.24, 2.45) is 7.05 Å². The summed E-state index contributed by atoms with van der Waals surface area (Å²) in [7, 11) is 1.81. The molecule has 0 spiro atoms. The SMILES string of the molecule is Cc1nn(C)c(Cl)c1CN[C@@H](C)c1cccc(F)c1. The highest BCUT2D eigenvalue weighted by Gasteiger charge is 2.12. The lowest BCUT2D eigenvalue weighted by Crippen LogP contribution is -2.18. The topological polar surface area (TPSA) is 29.9 Å². The van der Waals surface area contributed by atoms with Crippen LogP contribution < -0.4 is 5.32 Å².